The Hall–Kier alpha value is -2.96. The molecule has 3 aromatic heterocycles. The Morgan fingerprint density at radius 2 is 2.00 bits per heavy atom. The molecule has 29 heavy (non-hydrogen) atoms. The second-order valence-corrected chi connectivity index (χ2v) is 7.02. The number of nitrogen functional groups attached to an aromatic ring is 1. The van der Waals surface area contributed by atoms with E-state index in [-0.39, 0.29) is 22.2 Å². The first-order valence-electron chi connectivity index (χ1n) is 8.01. The van der Waals surface area contributed by atoms with E-state index in [4.69, 9.17) is 17.3 Å². The monoisotopic (exact) mass is 435 g/mol. The highest BCUT2D eigenvalue weighted by Crippen LogP contribution is 2.50. The Morgan fingerprint density at radius 1 is 1.31 bits per heavy atom. The standard InChI is InChI=1S/C15H11ClF5N7O/c1-14(15(19,20)21)5-26(13(29)27-9(22)2-6(24-27)12(17)18)7-4-23-10-3-8(16)25-28(10)11(7)14/h2-4,12H,5,22H2,1H3/t14-/m1/s1. The van der Waals surface area contributed by atoms with Gasteiger partial charge in [-0.25, -0.2) is 23.1 Å². The van der Waals surface area contributed by atoms with Crippen molar-refractivity contribution in [2.75, 3.05) is 17.2 Å². The minimum absolute atomic E-state index is 0.0529. The van der Waals surface area contributed by atoms with Gasteiger partial charge in [0.1, 0.15) is 16.9 Å². The molecule has 0 spiro atoms. The number of fused-ring (bicyclic) bond motifs is 3. The molecule has 14 heteroatoms. The third kappa shape index (κ3) is 2.71. The van der Waals surface area contributed by atoms with Gasteiger partial charge in [-0.2, -0.15) is 28.1 Å². The number of nitrogens with two attached hydrogens (primary N) is 1. The summed E-state index contributed by atoms with van der Waals surface area (Å²) in [5.74, 6) is -0.441. The molecule has 1 aliphatic heterocycles. The number of hydrogen-bond donors (Lipinski definition) is 1. The minimum Gasteiger partial charge on any atom is -0.383 e. The van der Waals surface area contributed by atoms with Crippen molar-refractivity contribution in [2.24, 2.45) is 0 Å². The Morgan fingerprint density at radius 3 is 2.59 bits per heavy atom. The molecule has 0 saturated carbocycles. The van der Waals surface area contributed by atoms with Crippen molar-refractivity contribution in [1.29, 1.82) is 0 Å². The zero-order valence-corrected chi connectivity index (χ0v) is 15.2. The van der Waals surface area contributed by atoms with Gasteiger partial charge in [0.15, 0.2) is 10.8 Å². The van der Waals surface area contributed by atoms with Crippen LogP contribution in [0.1, 0.15) is 24.7 Å². The minimum atomic E-state index is -4.78. The van der Waals surface area contributed by atoms with E-state index < -0.39 is 42.1 Å². The predicted molar refractivity (Wildman–Crippen MR) is 91.1 cm³/mol. The molecule has 0 aliphatic carbocycles. The van der Waals surface area contributed by atoms with Crippen LogP contribution in [-0.4, -0.2) is 43.1 Å². The fraction of sp³-hybridized carbons (Fsp3) is 0.333. The van der Waals surface area contributed by atoms with Crippen LogP contribution in [0.4, 0.5) is 38.3 Å². The molecular formula is C15H11ClF5N7O. The first-order chi connectivity index (χ1) is 13.4. The zero-order chi connectivity index (χ0) is 21.3. The van der Waals surface area contributed by atoms with Crippen LogP contribution < -0.4 is 10.6 Å². The number of carbonyl (C=O) groups is 1. The summed E-state index contributed by atoms with van der Waals surface area (Å²) in [5, 5.41) is 7.16. The van der Waals surface area contributed by atoms with Crippen molar-refractivity contribution >= 4 is 34.8 Å². The maximum Gasteiger partial charge on any atom is 0.401 e. The van der Waals surface area contributed by atoms with Crippen LogP contribution in [0.25, 0.3) is 5.65 Å². The van der Waals surface area contributed by atoms with Gasteiger partial charge in [0, 0.05) is 18.7 Å². The summed E-state index contributed by atoms with van der Waals surface area (Å²) in [6, 6.07) is 0.906. The molecule has 4 rings (SSSR count). The quantitative estimate of drug-likeness (QED) is 0.591. The highest BCUT2D eigenvalue weighted by atomic mass is 35.5. The van der Waals surface area contributed by atoms with E-state index in [2.05, 4.69) is 15.2 Å². The van der Waals surface area contributed by atoms with E-state index in [1.54, 1.807) is 0 Å². The van der Waals surface area contributed by atoms with Crippen molar-refractivity contribution in [3.05, 3.63) is 34.9 Å². The van der Waals surface area contributed by atoms with Crippen LogP contribution in [0.2, 0.25) is 5.15 Å². The van der Waals surface area contributed by atoms with Crippen LogP contribution in [-0.2, 0) is 5.41 Å². The molecule has 3 aromatic rings. The summed E-state index contributed by atoms with van der Waals surface area (Å²) in [6.45, 7) is 0.0391. The Balaban J connectivity index is 1.90. The lowest BCUT2D eigenvalue weighted by atomic mass is 9.88. The fourth-order valence-corrected chi connectivity index (χ4v) is 3.44. The van der Waals surface area contributed by atoms with Gasteiger partial charge in [0.05, 0.1) is 17.6 Å². The smallest absolute Gasteiger partial charge is 0.383 e. The lowest BCUT2D eigenvalue weighted by Gasteiger charge is -2.28. The molecule has 1 aliphatic rings. The highest BCUT2D eigenvalue weighted by molar-refractivity contribution is 6.29. The van der Waals surface area contributed by atoms with Gasteiger partial charge in [-0.3, -0.25) is 4.90 Å². The number of aromatic nitrogens is 5. The van der Waals surface area contributed by atoms with Crippen LogP contribution in [0, 0.1) is 0 Å². The molecular weight excluding hydrogens is 425 g/mol. The molecule has 4 heterocycles. The molecule has 1 atom stereocenters. The first kappa shape index (κ1) is 19.4. The maximum absolute atomic E-state index is 14.0. The number of halogens is 6. The highest BCUT2D eigenvalue weighted by Gasteiger charge is 2.60. The molecule has 0 aromatic carbocycles. The van der Waals surface area contributed by atoms with E-state index in [1.165, 1.54) is 6.07 Å². The van der Waals surface area contributed by atoms with Crippen LogP contribution in [0.3, 0.4) is 0 Å². The molecule has 2 N–H and O–H groups in total. The predicted octanol–water partition coefficient (Wildman–Crippen LogP) is 3.41. The number of carbonyl (C=O) groups excluding carboxylic acids is 1. The van der Waals surface area contributed by atoms with Gasteiger partial charge in [-0.05, 0) is 6.92 Å². The molecule has 154 valence electrons. The van der Waals surface area contributed by atoms with E-state index >= 15 is 0 Å². The topological polar surface area (TPSA) is 94.3 Å². The van der Waals surface area contributed by atoms with Crippen LogP contribution in [0.5, 0.6) is 0 Å². The molecule has 0 fully saturated rings. The van der Waals surface area contributed by atoms with Gasteiger partial charge in [-0.15, -0.1) is 0 Å². The van der Waals surface area contributed by atoms with Crippen molar-refractivity contribution in [3.8, 4) is 0 Å². The van der Waals surface area contributed by atoms with Crippen molar-refractivity contribution in [2.45, 2.75) is 24.9 Å². The molecule has 1 amide bonds. The number of anilines is 2. The van der Waals surface area contributed by atoms with Gasteiger partial charge < -0.3 is 5.73 Å². The second kappa shape index (κ2) is 6.02. The Bertz CT molecular complexity index is 1140. The average molecular weight is 436 g/mol. The summed E-state index contributed by atoms with van der Waals surface area (Å²) < 4.78 is 69.1. The molecule has 0 unspecified atom stereocenters. The summed E-state index contributed by atoms with van der Waals surface area (Å²) in [5.41, 5.74) is 1.72. The fourth-order valence-electron chi connectivity index (χ4n) is 3.27. The third-order valence-corrected chi connectivity index (χ3v) is 4.92. The van der Waals surface area contributed by atoms with E-state index in [0.29, 0.717) is 4.68 Å². The third-order valence-electron chi connectivity index (χ3n) is 4.74. The van der Waals surface area contributed by atoms with E-state index in [0.717, 1.165) is 28.6 Å². The van der Waals surface area contributed by atoms with Crippen LogP contribution >= 0.6 is 11.6 Å². The largest absolute Gasteiger partial charge is 0.401 e. The molecule has 0 radical (unpaired) electrons. The van der Waals surface area contributed by atoms with Crippen LogP contribution in [0.15, 0.2) is 18.3 Å². The first-order valence-corrected chi connectivity index (χ1v) is 8.39. The SMILES string of the molecule is C[C@@]1(C(F)(F)F)CN(C(=O)n2nc(C(F)F)cc2N)c2cnc3cc(Cl)nn3c21. The maximum atomic E-state index is 14.0. The summed E-state index contributed by atoms with van der Waals surface area (Å²) in [4.78, 5) is 17.6. The summed E-state index contributed by atoms with van der Waals surface area (Å²) >= 11 is 5.80. The number of rotatable bonds is 1. The van der Waals surface area contributed by atoms with Gasteiger partial charge in [-0.1, -0.05) is 11.6 Å². The van der Waals surface area contributed by atoms with E-state index in [1.807, 2.05) is 0 Å². The second-order valence-electron chi connectivity index (χ2n) is 6.63. The van der Waals surface area contributed by atoms with E-state index in [9.17, 15) is 26.7 Å². The summed E-state index contributed by atoms with van der Waals surface area (Å²) in [6.07, 6.45) is -6.73. The molecule has 0 saturated heterocycles. The lowest BCUT2D eigenvalue weighted by molar-refractivity contribution is -0.181. The number of hydrogen-bond acceptors (Lipinski definition) is 5. The lowest BCUT2D eigenvalue weighted by Crippen LogP contribution is -2.46. The summed E-state index contributed by atoms with van der Waals surface area (Å²) in [7, 11) is 0. The average Bonchev–Trinajstić information content (AvgIpc) is 3.27. The zero-order valence-electron chi connectivity index (χ0n) is 14.5. The van der Waals surface area contributed by atoms with Gasteiger partial charge in [0.25, 0.3) is 6.43 Å². The number of alkyl halides is 5. The van der Waals surface area contributed by atoms with Gasteiger partial charge in [0.2, 0.25) is 0 Å². The number of nitrogens with zero attached hydrogens (tertiary/aromatic N) is 6. The van der Waals surface area contributed by atoms with Crippen molar-refractivity contribution in [3.63, 3.8) is 0 Å². The number of amides is 1. The molecule has 0 bridgehead atoms. The Labute approximate surface area is 163 Å². The molecule has 8 nitrogen and oxygen atoms in total. The van der Waals surface area contributed by atoms with Gasteiger partial charge >= 0.3 is 12.2 Å². The Kier molecular flexibility index (Phi) is 4.02. The normalized spacial score (nSPS) is 19.4. The van der Waals surface area contributed by atoms with Crippen molar-refractivity contribution in [1.82, 2.24) is 24.4 Å². The van der Waals surface area contributed by atoms with Crippen molar-refractivity contribution < 1.29 is 26.7 Å².